The number of ether oxygens (including phenoxy) is 2. The molecule has 0 spiro atoms. The number of carbonyl (C=O) groups excluding carboxylic acids is 1. The Morgan fingerprint density at radius 3 is 2.77 bits per heavy atom. The number of amides is 1. The molecule has 1 heterocycles. The minimum absolute atomic E-state index is 0.240. The van der Waals surface area contributed by atoms with Gasteiger partial charge in [-0.25, -0.2) is 0 Å². The number of carbonyl (C=O) groups is 1. The molecule has 0 saturated heterocycles. The van der Waals surface area contributed by atoms with Crippen molar-refractivity contribution in [1.29, 1.82) is 0 Å². The Bertz CT molecular complexity index is 670. The predicted molar refractivity (Wildman–Crippen MR) is 84.3 cm³/mol. The number of hydrogen-bond acceptors (Lipinski definition) is 5. The van der Waals surface area contributed by atoms with Crippen LogP contribution in [0.5, 0.6) is 11.5 Å². The van der Waals surface area contributed by atoms with Crippen molar-refractivity contribution in [1.82, 2.24) is 10.5 Å². The van der Waals surface area contributed by atoms with Gasteiger partial charge in [-0.1, -0.05) is 5.16 Å². The monoisotopic (exact) mass is 368 g/mol. The van der Waals surface area contributed by atoms with Crippen molar-refractivity contribution in [2.24, 2.45) is 0 Å². The van der Waals surface area contributed by atoms with Crippen molar-refractivity contribution >= 4 is 21.8 Å². The molecular formula is C15H17BrN2O4. The molecule has 0 saturated carbocycles. The summed E-state index contributed by atoms with van der Waals surface area (Å²) in [5, 5.41) is 6.54. The molecule has 0 bridgehead atoms. The van der Waals surface area contributed by atoms with Crippen LogP contribution in [0.15, 0.2) is 27.2 Å². The van der Waals surface area contributed by atoms with E-state index < -0.39 is 0 Å². The number of methoxy groups -OCH3 is 1. The molecule has 1 aromatic carbocycles. The minimum Gasteiger partial charge on any atom is -0.493 e. The van der Waals surface area contributed by atoms with Gasteiger partial charge in [-0.15, -0.1) is 0 Å². The molecule has 118 valence electrons. The Labute approximate surface area is 136 Å². The molecule has 0 fully saturated rings. The Morgan fingerprint density at radius 2 is 2.18 bits per heavy atom. The first-order chi connectivity index (χ1) is 10.5. The van der Waals surface area contributed by atoms with Crippen molar-refractivity contribution in [2.45, 2.75) is 20.4 Å². The van der Waals surface area contributed by atoms with Gasteiger partial charge in [-0.05, 0) is 41.9 Å². The molecule has 0 aliphatic rings. The van der Waals surface area contributed by atoms with Gasteiger partial charge in [-0.3, -0.25) is 4.79 Å². The number of nitrogens with one attached hydrogen (secondary N) is 1. The first-order valence-electron chi connectivity index (χ1n) is 6.75. The maximum Gasteiger partial charge on any atom is 0.251 e. The SMILES string of the molecule is CCOc1c(Br)cc(C(=O)NCc2cc(C)no2)cc1OC. The highest BCUT2D eigenvalue weighted by atomic mass is 79.9. The second-order valence-electron chi connectivity index (χ2n) is 4.54. The molecule has 0 unspecified atom stereocenters. The largest absolute Gasteiger partial charge is 0.493 e. The molecule has 0 aliphatic carbocycles. The van der Waals surface area contributed by atoms with Crippen LogP contribution in [0.4, 0.5) is 0 Å². The zero-order chi connectivity index (χ0) is 16.1. The van der Waals surface area contributed by atoms with Crippen LogP contribution in [0.25, 0.3) is 0 Å². The Morgan fingerprint density at radius 1 is 1.41 bits per heavy atom. The van der Waals surface area contributed by atoms with E-state index in [4.69, 9.17) is 14.0 Å². The summed E-state index contributed by atoms with van der Waals surface area (Å²) in [7, 11) is 1.53. The predicted octanol–water partition coefficient (Wildman–Crippen LogP) is 3.08. The Kier molecular flexibility index (Phi) is 5.43. The summed E-state index contributed by atoms with van der Waals surface area (Å²) >= 11 is 3.39. The van der Waals surface area contributed by atoms with Crippen LogP contribution in [-0.4, -0.2) is 24.8 Å². The zero-order valence-electron chi connectivity index (χ0n) is 12.6. The summed E-state index contributed by atoms with van der Waals surface area (Å²) in [5.74, 6) is 1.43. The van der Waals surface area contributed by atoms with Crippen LogP contribution in [0.2, 0.25) is 0 Å². The molecule has 0 aliphatic heterocycles. The van der Waals surface area contributed by atoms with Crippen LogP contribution in [0.1, 0.15) is 28.7 Å². The lowest BCUT2D eigenvalue weighted by Crippen LogP contribution is -2.22. The Balaban J connectivity index is 2.13. The molecule has 6 nitrogen and oxygen atoms in total. The van der Waals surface area contributed by atoms with E-state index in [1.54, 1.807) is 18.2 Å². The minimum atomic E-state index is -0.240. The standard InChI is InChI=1S/C15H17BrN2O4/c1-4-21-14-12(16)6-10(7-13(14)20-3)15(19)17-8-11-5-9(2)18-22-11/h5-7H,4,8H2,1-3H3,(H,17,19). The smallest absolute Gasteiger partial charge is 0.251 e. The number of nitrogens with zero attached hydrogens (tertiary/aromatic N) is 1. The summed E-state index contributed by atoms with van der Waals surface area (Å²) in [5.41, 5.74) is 1.23. The van der Waals surface area contributed by atoms with Gasteiger partial charge >= 0.3 is 0 Å². The summed E-state index contributed by atoms with van der Waals surface area (Å²) in [6.07, 6.45) is 0. The van der Waals surface area contributed by atoms with Crippen LogP contribution >= 0.6 is 15.9 Å². The van der Waals surface area contributed by atoms with E-state index in [2.05, 4.69) is 26.4 Å². The van der Waals surface area contributed by atoms with Gasteiger partial charge in [0.1, 0.15) is 0 Å². The average molecular weight is 369 g/mol. The number of halogens is 1. The highest BCUT2D eigenvalue weighted by Gasteiger charge is 2.15. The van der Waals surface area contributed by atoms with Gasteiger partial charge in [0.15, 0.2) is 17.3 Å². The number of aryl methyl sites for hydroxylation is 1. The summed E-state index contributed by atoms with van der Waals surface area (Å²) in [6, 6.07) is 5.10. The summed E-state index contributed by atoms with van der Waals surface area (Å²) < 4.78 is 16.5. The summed E-state index contributed by atoms with van der Waals surface area (Å²) in [6.45, 7) is 4.48. The molecule has 1 aromatic heterocycles. The molecule has 2 aromatic rings. The molecular weight excluding hydrogens is 352 g/mol. The number of hydrogen-bond donors (Lipinski definition) is 1. The average Bonchev–Trinajstić information content (AvgIpc) is 2.92. The van der Waals surface area contributed by atoms with Gasteiger partial charge in [0.25, 0.3) is 5.91 Å². The topological polar surface area (TPSA) is 73.6 Å². The van der Waals surface area contributed by atoms with Gasteiger partial charge in [0.05, 0.1) is 30.4 Å². The van der Waals surface area contributed by atoms with Crippen LogP contribution in [0.3, 0.4) is 0 Å². The second-order valence-corrected chi connectivity index (χ2v) is 5.39. The van der Waals surface area contributed by atoms with E-state index in [0.717, 1.165) is 5.69 Å². The third kappa shape index (κ3) is 3.79. The van der Waals surface area contributed by atoms with Crippen molar-refractivity contribution in [2.75, 3.05) is 13.7 Å². The van der Waals surface area contributed by atoms with Gasteiger partial charge in [0, 0.05) is 11.6 Å². The first-order valence-corrected chi connectivity index (χ1v) is 7.55. The third-order valence-corrected chi connectivity index (χ3v) is 3.47. The summed E-state index contributed by atoms with van der Waals surface area (Å²) in [4.78, 5) is 12.2. The highest BCUT2D eigenvalue weighted by molar-refractivity contribution is 9.10. The van der Waals surface area contributed by atoms with Gasteiger partial charge < -0.3 is 19.3 Å². The maximum absolute atomic E-state index is 12.2. The lowest BCUT2D eigenvalue weighted by Gasteiger charge is -2.13. The van der Waals surface area contributed by atoms with Crippen LogP contribution in [-0.2, 0) is 6.54 Å². The number of rotatable bonds is 6. The number of aromatic nitrogens is 1. The highest BCUT2D eigenvalue weighted by Crippen LogP contribution is 2.36. The van der Waals surface area contributed by atoms with Crippen molar-refractivity contribution in [3.8, 4) is 11.5 Å². The molecule has 2 rings (SSSR count). The fourth-order valence-corrected chi connectivity index (χ4v) is 2.46. The normalized spacial score (nSPS) is 10.4. The Hall–Kier alpha value is -2.02. The molecule has 22 heavy (non-hydrogen) atoms. The maximum atomic E-state index is 12.2. The zero-order valence-corrected chi connectivity index (χ0v) is 14.2. The molecule has 1 amide bonds. The first kappa shape index (κ1) is 16.4. The number of benzene rings is 1. The van der Waals surface area contributed by atoms with Gasteiger partial charge in [-0.2, -0.15) is 0 Å². The third-order valence-electron chi connectivity index (χ3n) is 2.88. The van der Waals surface area contributed by atoms with Crippen LogP contribution < -0.4 is 14.8 Å². The molecule has 0 radical (unpaired) electrons. The van der Waals surface area contributed by atoms with E-state index in [9.17, 15) is 4.79 Å². The van der Waals surface area contributed by atoms with Crippen molar-refractivity contribution in [3.05, 3.63) is 39.7 Å². The van der Waals surface area contributed by atoms with Crippen molar-refractivity contribution in [3.63, 3.8) is 0 Å². The van der Waals surface area contributed by atoms with E-state index in [-0.39, 0.29) is 12.5 Å². The fourth-order valence-electron chi connectivity index (χ4n) is 1.90. The second kappa shape index (κ2) is 7.31. The molecule has 7 heteroatoms. The fraction of sp³-hybridized carbons (Fsp3) is 0.333. The van der Waals surface area contributed by atoms with Gasteiger partial charge in [0.2, 0.25) is 0 Å². The lowest BCUT2D eigenvalue weighted by atomic mass is 10.2. The van der Waals surface area contributed by atoms with E-state index in [1.807, 2.05) is 13.8 Å². The quantitative estimate of drug-likeness (QED) is 0.847. The molecule has 1 N–H and O–H groups in total. The van der Waals surface area contributed by atoms with E-state index in [0.29, 0.717) is 33.9 Å². The van der Waals surface area contributed by atoms with E-state index >= 15 is 0 Å². The van der Waals surface area contributed by atoms with E-state index in [1.165, 1.54) is 7.11 Å². The van der Waals surface area contributed by atoms with Crippen LogP contribution in [0, 0.1) is 6.92 Å². The van der Waals surface area contributed by atoms with Crippen molar-refractivity contribution < 1.29 is 18.8 Å². The molecule has 0 atom stereocenters. The lowest BCUT2D eigenvalue weighted by molar-refractivity contribution is 0.0946.